The highest BCUT2D eigenvalue weighted by atomic mass is 16.3. The molecule has 1 atom stereocenters. The zero-order valence-corrected chi connectivity index (χ0v) is 18.3. The molecule has 32 heavy (non-hydrogen) atoms. The summed E-state index contributed by atoms with van der Waals surface area (Å²) in [5, 5.41) is 14.0. The molecule has 0 radical (unpaired) electrons. The van der Waals surface area contributed by atoms with Crippen LogP contribution in [-0.4, -0.2) is 28.6 Å². The van der Waals surface area contributed by atoms with Crippen LogP contribution in [0.3, 0.4) is 0 Å². The Labute approximate surface area is 188 Å². The maximum Gasteiger partial charge on any atom is 0.251 e. The Morgan fingerprint density at radius 3 is 2.50 bits per heavy atom. The first-order valence-electron chi connectivity index (χ1n) is 10.7. The van der Waals surface area contributed by atoms with Gasteiger partial charge in [-0.15, -0.1) is 0 Å². The Morgan fingerprint density at radius 2 is 1.72 bits per heavy atom. The molecular formula is C28H26N2O2. The van der Waals surface area contributed by atoms with Crippen molar-refractivity contribution in [3.05, 3.63) is 106 Å². The monoisotopic (exact) mass is 422 g/mol. The second-order valence-electron chi connectivity index (χ2n) is 8.06. The minimum atomic E-state index is -0.386. The molecule has 0 aliphatic heterocycles. The molecule has 1 aromatic heterocycles. The maximum absolute atomic E-state index is 13.0. The Hall–Kier alpha value is -3.81. The lowest BCUT2D eigenvalue weighted by atomic mass is 10.0. The van der Waals surface area contributed by atoms with Gasteiger partial charge in [0, 0.05) is 33.8 Å². The fourth-order valence-corrected chi connectivity index (χ4v) is 3.72. The molecule has 1 unspecified atom stereocenters. The van der Waals surface area contributed by atoms with Gasteiger partial charge in [-0.2, -0.15) is 0 Å². The molecule has 4 heteroatoms. The number of aliphatic hydroxyl groups excluding tert-OH is 1. The number of para-hydroxylation sites is 1. The number of nitrogens with one attached hydrogen (secondary N) is 2. The standard InChI is InChI=1S/C28H26N2O2/c1-19-7-10-21(11-8-19)13-14-22-12-9-20(2)26(15-22)28(32)30-24(18-31)16-23-17-29-27-6-4-3-5-25(23)27/h3-12,15,17,24,29,31H,16,18H2,1-2H3,(H,30,32). The lowest BCUT2D eigenvalue weighted by Gasteiger charge is -2.17. The molecule has 0 bridgehead atoms. The first-order chi connectivity index (χ1) is 15.5. The van der Waals surface area contributed by atoms with Crippen LogP contribution in [0.15, 0.2) is 72.9 Å². The lowest BCUT2D eigenvalue weighted by molar-refractivity contribution is 0.0916. The minimum absolute atomic E-state index is 0.142. The van der Waals surface area contributed by atoms with Crippen molar-refractivity contribution < 1.29 is 9.90 Å². The van der Waals surface area contributed by atoms with E-state index in [9.17, 15) is 9.90 Å². The van der Waals surface area contributed by atoms with Gasteiger partial charge < -0.3 is 15.4 Å². The smallest absolute Gasteiger partial charge is 0.251 e. The van der Waals surface area contributed by atoms with Crippen molar-refractivity contribution in [1.29, 1.82) is 0 Å². The van der Waals surface area contributed by atoms with E-state index in [0.29, 0.717) is 12.0 Å². The molecule has 0 aliphatic carbocycles. The van der Waals surface area contributed by atoms with Gasteiger partial charge in [-0.05, 0) is 61.7 Å². The molecule has 3 N–H and O–H groups in total. The molecule has 0 aliphatic rings. The largest absolute Gasteiger partial charge is 0.394 e. The van der Waals surface area contributed by atoms with E-state index in [1.165, 1.54) is 5.56 Å². The number of amides is 1. The van der Waals surface area contributed by atoms with Crippen LogP contribution in [0.5, 0.6) is 0 Å². The molecular weight excluding hydrogens is 396 g/mol. The highest BCUT2D eigenvalue weighted by molar-refractivity contribution is 5.96. The van der Waals surface area contributed by atoms with E-state index in [-0.39, 0.29) is 18.6 Å². The maximum atomic E-state index is 13.0. The SMILES string of the molecule is Cc1ccc(C#Cc2ccc(C)c(C(=O)NC(CO)Cc3c[nH]c4ccccc34)c2)cc1. The third kappa shape index (κ3) is 4.91. The van der Waals surface area contributed by atoms with Crippen molar-refractivity contribution in [1.82, 2.24) is 10.3 Å². The van der Waals surface area contributed by atoms with Crippen LogP contribution < -0.4 is 5.32 Å². The summed E-state index contributed by atoms with van der Waals surface area (Å²) < 4.78 is 0. The van der Waals surface area contributed by atoms with Crippen molar-refractivity contribution in [2.75, 3.05) is 6.61 Å². The Balaban J connectivity index is 1.50. The topological polar surface area (TPSA) is 65.1 Å². The number of carbonyl (C=O) groups is 1. The first-order valence-corrected chi connectivity index (χ1v) is 10.7. The van der Waals surface area contributed by atoms with Crippen LogP contribution in [0, 0.1) is 25.7 Å². The Kier molecular flexibility index (Phi) is 6.39. The number of aromatic nitrogens is 1. The fraction of sp³-hybridized carbons (Fsp3) is 0.179. The summed E-state index contributed by atoms with van der Waals surface area (Å²) in [6, 6.07) is 21.3. The zero-order chi connectivity index (χ0) is 22.5. The second-order valence-corrected chi connectivity index (χ2v) is 8.06. The van der Waals surface area contributed by atoms with Crippen LogP contribution in [0.4, 0.5) is 0 Å². The summed E-state index contributed by atoms with van der Waals surface area (Å²) in [5.74, 6) is 6.08. The summed E-state index contributed by atoms with van der Waals surface area (Å²) in [6.45, 7) is 3.80. The van der Waals surface area contributed by atoms with Gasteiger partial charge in [0.25, 0.3) is 5.91 Å². The molecule has 0 saturated carbocycles. The van der Waals surface area contributed by atoms with Gasteiger partial charge in [0.1, 0.15) is 0 Å². The van der Waals surface area contributed by atoms with Gasteiger partial charge >= 0.3 is 0 Å². The van der Waals surface area contributed by atoms with Crippen LogP contribution in [0.1, 0.15) is 38.2 Å². The number of aliphatic hydroxyl groups is 1. The highest BCUT2D eigenvalue weighted by Gasteiger charge is 2.17. The predicted molar refractivity (Wildman–Crippen MR) is 129 cm³/mol. The average Bonchev–Trinajstić information content (AvgIpc) is 3.22. The van der Waals surface area contributed by atoms with Crippen molar-refractivity contribution in [3.63, 3.8) is 0 Å². The number of rotatable bonds is 5. The molecule has 4 aromatic rings. The van der Waals surface area contributed by atoms with E-state index in [0.717, 1.165) is 33.2 Å². The van der Waals surface area contributed by atoms with Crippen LogP contribution in [0.2, 0.25) is 0 Å². The number of H-pyrrole nitrogens is 1. The van der Waals surface area contributed by atoms with E-state index >= 15 is 0 Å². The van der Waals surface area contributed by atoms with Gasteiger partial charge in [0.05, 0.1) is 12.6 Å². The molecule has 0 spiro atoms. The van der Waals surface area contributed by atoms with E-state index in [2.05, 4.69) is 22.1 Å². The number of fused-ring (bicyclic) bond motifs is 1. The van der Waals surface area contributed by atoms with E-state index in [4.69, 9.17) is 0 Å². The average molecular weight is 423 g/mol. The molecule has 0 saturated heterocycles. The van der Waals surface area contributed by atoms with Crippen molar-refractivity contribution in [3.8, 4) is 11.8 Å². The molecule has 3 aromatic carbocycles. The zero-order valence-electron chi connectivity index (χ0n) is 18.3. The highest BCUT2D eigenvalue weighted by Crippen LogP contribution is 2.19. The molecule has 4 nitrogen and oxygen atoms in total. The van der Waals surface area contributed by atoms with E-state index < -0.39 is 0 Å². The number of aryl methyl sites for hydroxylation is 2. The van der Waals surface area contributed by atoms with Gasteiger partial charge in [-0.25, -0.2) is 0 Å². The fourth-order valence-electron chi connectivity index (χ4n) is 3.72. The number of hydrogen-bond donors (Lipinski definition) is 3. The van der Waals surface area contributed by atoms with Crippen molar-refractivity contribution in [2.24, 2.45) is 0 Å². The summed E-state index contributed by atoms with van der Waals surface area (Å²) in [5.41, 5.74) is 6.44. The van der Waals surface area contributed by atoms with Crippen LogP contribution in [0.25, 0.3) is 10.9 Å². The molecule has 1 amide bonds. The minimum Gasteiger partial charge on any atom is -0.394 e. The Bertz CT molecular complexity index is 1310. The summed E-state index contributed by atoms with van der Waals surface area (Å²) in [7, 11) is 0. The van der Waals surface area contributed by atoms with Gasteiger partial charge in [0.2, 0.25) is 0 Å². The van der Waals surface area contributed by atoms with Gasteiger partial charge in [-0.3, -0.25) is 4.79 Å². The molecule has 160 valence electrons. The van der Waals surface area contributed by atoms with E-state index in [1.807, 2.05) is 86.8 Å². The quantitative estimate of drug-likeness (QED) is 0.414. The van der Waals surface area contributed by atoms with Crippen LogP contribution in [-0.2, 0) is 6.42 Å². The van der Waals surface area contributed by atoms with Gasteiger partial charge in [-0.1, -0.05) is 53.8 Å². The van der Waals surface area contributed by atoms with Gasteiger partial charge in [0.15, 0.2) is 0 Å². The number of aromatic amines is 1. The van der Waals surface area contributed by atoms with Crippen molar-refractivity contribution >= 4 is 16.8 Å². The third-order valence-corrected chi connectivity index (χ3v) is 5.58. The van der Waals surface area contributed by atoms with Crippen LogP contribution >= 0.6 is 0 Å². The summed E-state index contributed by atoms with van der Waals surface area (Å²) in [4.78, 5) is 16.3. The number of benzene rings is 3. The number of carbonyl (C=O) groups excluding carboxylic acids is 1. The third-order valence-electron chi connectivity index (χ3n) is 5.58. The van der Waals surface area contributed by atoms with Crippen molar-refractivity contribution in [2.45, 2.75) is 26.3 Å². The summed E-state index contributed by atoms with van der Waals surface area (Å²) in [6.07, 6.45) is 2.48. The molecule has 1 heterocycles. The molecule has 4 rings (SSSR count). The predicted octanol–water partition coefficient (Wildman–Crippen LogP) is 4.52. The number of hydrogen-bond acceptors (Lipinski definition) is 2. The first kappa shape index (κ1) is 21.4. The second kappa shape index (κ2) is 9.55. The molecule has 0 fully saturated rings. The normalized spacial score (nSPS) is 11.6. The summed E-state index contributed by atoms with van der Waals surface area (Å²) >= 11 is 0. The lowest BCUT2D eigenvalue weighted by Crippen LogP contribution is -2.39. The van der Waals surface area contributed by atoms with E-state index in [1.54, 1.807) is 0 Å². The Morgan fingerprint density at radius 1 is 1.00 bits per heavy atom.